The third-order valence-corrected chi connectivity index (χ3v) is 14.6. The molecule has 0 bridgehead atoms. The van der Waals surface area contributed by atoms with Crippen LogP contribution in [0.2, 0.25) is 0 Å². The average Bonchev–Trinajstić information content (AvgIpc) is 3.40. The summed E-state index contributed by atoms with van der Waals surface area (Å²) < 4.78 is 16.9. The highest BCUT2D eigenvalue weighted by molar-refractivity contribution is 5.71. The minimum absolute atomic E-state index is 0.0786. The maximum absolute atomic E-state index is 12.9. The molecule has 0 fully saturated rings. The summed E-state index contributed by atoms with van der Waals surface area (Å²) in [5, 5.41) is 0. The summed E-state index contributed by atoms with van der Waals surface area (Å²) in [6.07, 6.45) is 78.5. The van der Waals surface area contributed by atoms with Crippen LogP contribution in [0.25, 0.3) is 0 Å². The number of esters is 3. The third-order valence-electron chi connectivity index (χ3n) is 14.6. The van der Waals surface area contributed by atoms with E-state index in [9.17, 15) is 14.4 Å². The molecule has 6 heteroatoms. The van der Waals surface area contributed by atoms with Crippen molar-refractivity contribution in [1.82, 2.24) is 0 Å². The van der Waals surface area contributed by atoms with Crippen molar-refractivity contribution in [2.24, 2.45) is 0 Å². The van der Waals surface area contributed by atoms with E-state index in [0.29, 0.717) is 19.3 Å². The molecule has 0 aliphatic rings. The van der Waals surface area contributed by atoms with Crippen LogP contribution in [0.15, 0.2) is 48.6 Å². The van der Waals surface area contributed by atoms with Crippen LogP contribution < -0.4 is 0 Å². The van der Waals surface area contributed by atoms with E-state index in [1.807, 2.05) is 0 Å². The van der Waals surface area contributed by atoms with Crippen LogP contribution in [0.3, 0.4) is 0 Å². The summed E-state index contributed by atoms with van der Waals surface area (Å²) in [6, 6.07) is 0. The van der Waals surface area contributed by atoms with Crippen LogP contribution in [0.1, 0.15) is 348 Å². The van der Waals surface area contributed by atoms with E-state index in [0.717, 1.165) is 83.5 Å². The molecule has 0 aliphatic heterocycles. The molecule has 0 amide bonds. The van der Waals surface area contributed by atoms with Crippen molar-refractivity contribution in [2.75, 3.05) is 13.2 Å². The van der Waals surface area contributed by atoms with Crippen LogP contribution >= 0.6 is 0 Å². The Morgan fingerprint density at radius 3 is 0.851 bits per heavy atom. The summed E-state index contributed by atoms with van der Waals surface area (Å²) >= 11 is 0. The fourth-order valence-corrected chi connectivity index (χ4v) is 9.69. The molecule has 0 saturated carbocycles. The Labute approximate surface area is 460 Å². The SMILES string of the molecule is CC/C=C\C/C=C\C/C=C\CCCCCC(=O)OCC(COC(=O)CCCCCCCCCCCCCCC/C=C\CCCCCCCCCC)OC(=O)CCCCCCCCCCCCCCCCCCCC. The smallest absolute Gasteiger partial charge is 0.306 e. The molecule has 0 saturated heterocycles. The average molecular weight is 1040 g/mol. The van der Waals surface area contributed by atoms with Gasteiger partial charge in [-0.3, -0.25) is 14.4 Å². The fourth-order valence-electron chi connectivity index (χ4n) is 9.69. The summed E-state index contributed by atoms with van der Waals surface area (Å²) in [4.78, 5) is 38.3. The molecule has 0 N–H and O–H groups in total. The number of hydrogen-bond donors (Lipinski definition) is 0. The second-order valence-corrected chi connectivity index (χ2v) is 22.0. The summed E-state index contributed by atoms with van der Waals surface area (Å²) in [6.45, 7) is 6.56. The van der Waals surface area contributed by atoms with Crippen molar-refractivity contribution in [2.45, 2.75) is 354 Å². The predicted molar refractivity (Wildman–Crippen MR) is 321 cm³/mol. The molecule has 74 heavy (non-hydrogen) atoms. The van der Waals surface area contributed by atoms with Gasteiger partial charge in [0.2, 0.25) is 0 Å². The van der Waals surface area contributed by atoms with Crippen LogP contribution in [0.5, 0.6) is 0 Å². The van der Waals surface area contributed by atoms with Gasteiger partial charge in [-0.05, 0) is 77.0 Å². The van der Waals surface area contributed by atoms with Gasteiger partial charge in [0.15, 0.2) is 6.10 Å². The Bertz CT molecular complexity index is 1280. The Balaban J connectivity index is 4.26. The zero-order valence-electron chi connectivity index (χ0n) is 49.6. The van der Waals surface area contributed by atoms with Crippen molar-refractivity contribution >= 4 is 17.9 Å². The zero-order chi connectivity index (χ0) is 53.6. The van der Waals surface area contributed by atoms with Crippen molar-refractivity contribution in [3.8, 4) is 0 Å². The number of allylic oxidation sites excluding steroid dienone is 8. The number of unbranched alkanes of at least 4 members (excludes halogenated alkanes) is 41. The van der Waals surface area contributed by atoms with E-state index in [1.54, 1.807) is 0 Å². The van der Waals surface area contributed by atoms with Crippen LogP contribution in [-0.4, -0.2) is 37.2 Å². The lowest BCUT2D eigenvalue weighted by atomic mass is 10.0. The third kappa shape index (κ3) is 60.2. The topological polar surface area (TPSA) is 78.9 Å². The lowest BCUT2D eigenvalue weighted by Crippen LogP contribution is -2.30. The Morgan fingerprint density at radius 1 is 0.284 bits per heavy atom. The lowest BCUT2D eigenvalue weighted by Gasteiger charge is -2.18. The van der Waals surface area contributed by atoms with Gasteiger partial charge in [-0.2, -0.15) is 0 Å². The first-order valence-corrected chi connectivity index (χ1v) is 32.6. The van der Waals surface area contributed by atoms with Gasteiger partial charge in [-0.1, -0.05) is 301 Å². The van der Waals surface area contributed by atoms with Crippen molar-refractivity contribution in [1.29, 1.82) is 0 Å². The van der Waals surface area contributed by atoms with E-state index in [2.05, 4.69) is 69.4 Å². The number of ether oxygens (including phenoxy) is 3. The van der Waals surface area contributed by atoms with Gasteiger partial charge in [0, 0.05) is 19.3 Å². The van der Waals surface area contributed by atoms with Gasteiger partial charge < -0.3 is 14.2 Å². The van der Waals surface area contributed by atoms with Crippen molar-refractivity contribution in [3.05, 3.63) is 48.6 Å². The number of carbonyl (C=O) groups is 3. The number of carbonyl (C=O) groups excluding carboxylic acids is 3. The maximum Gasteiger partial charge on any atom is 0.306 e. The van der Waals surface area contributed by atoms with E-state index in [1.165, 1.54) is 225 Å². The Hall–Kier alpha value is -2.63. The Kier molecular flexibility index (Phi) is 60.7. The first-order chi connectivity index (χ1) is 36.5. The molecule has 1 atom stereocenters. The zero-order valence-corrected chi connectivity index (χ0v) is 49.6. The van der Waals surface area contributed by atoms with Gasteiger partial charge >= 0.3 is 17.9 Å². The molecule has 0 heterocycles. The second-order valence-electron chi connectivity index (χ2n) is 22.0. The minimum atomic E-state index is -0.783. The lowest BCUT2D eigenvalue weighted by molar-refractivity contribution is -0.167. The molecule has 0 rings (SSSR count). The molecule has 0 aliphatic carbocycles. The molecule has 1 unspecified atom stereocenters. The number of hydrogen-bond acceptors (Lipinski definition) is 6. The standard InChI is InChI=1S/C68H124O6/c1-4-7-10-13-16-19-22-25-27-29-31-32-33-34-35-36-37-39-40-43-46-49-52-55-58-61-67(70)73-64-65(63-72-66(69)60-57-54-51-48-45-42-24-21-18-15-12-9-6-3)74-68(71)62-59-56-53-50-47-44-41-38-30-28-26-23-20-17-14-11-8-5-2/h9,12,18,21,29,31,42,45,65H,4-8,10-11,13-17,19-20,22-28,30,32-41,43-44,46-64H2,1-3H3/b12-9-,21-18-,31-29-,45-42-. The van der Waals surface area contributed by atoms with E-state index < -0.39 is 6.10 Å². The molecular formula is C68H124O6. The number of rotatable bonds is 60. The van der Waals surface area contributed by atoms with Crippen LogP contribution in [0, 0.1) is 0 Å². The summed E-state index contributed by atoms with van der Waals surface area (Å²) in [5.74, 6) is -0.888. The second kappa shape index (κ2) is 62.9. The highest BCUT2D eigenvalue weighted by Crippen LogP contribution is 2.18. The molecular weight excluding hydrogens is 913 g/mol. The minimum Gasteiger partial charge on any atom is -0.462 e. The highest BCUT2D eigenvalue weighted by Gasteiger charge is 2.19. The van der Waals surface area contributed by atoms with Gasteiger partial charge in [0.1, 0.15) is 13.2 Å². The first-order valence-electron chi connectivity index (χ1n) is 32.6. The largest absolute Gasteiger partial charge is 0.462 e. The fraction of sp³-hybridized carbons (Fsp3) is 0.838. The molecule has 0 aromatic rings. The van der Waals surface area contributed by atoms with E-state index in [4.69, 9.17) is 14.2 Å². The first kappa shape index (κ1) is 71.4. The van der Waals surface area contributed by atoms with Gasteiger partial charge in [-0.15, -0.1) is 0 Å². The van der Waals surface area contributed by atoms with Gasteiger partial charge in [-0.25, -0.2) is 0 Å². The predicted octanol–water partition coefficient (Wildman–Crippen LogP) is 22.2. The summed E-state index contributed by atoms with van der Waals surface area (Å²) in [7, 11) is 0. The molecule has 0 aromatic heterocycles. The monoisotopic (exact) mass is 1040 g/mol. The molecule has 0 radical (unpaired) electrons. The normalized spacial score (nSPS) is 12.3. The van der Waals surface area contributed by atoms with Gasteiger partial charge in [0.05, 0.1) is 0 Å². The van der Waals surface area contributed by atoms with Crippen molar-refractivity contribution < 1.29 is 28.6 Å². The summed E-state index contributed by atoms with van der Waals surface area (Å²) in [5.41, 5.74) is 0. The molecule has 6 nitrogen and oxygen atoms in total. The quantitative estimate of drug-likeness (QED) is 0.0261. The Morgan fingerprint density at radius 2 is 0.527 bits per heavy atom. The maximum atomic E-state index is 12.9. The van der Waals surface area contributed by atoms with Gasteiger partial charge in [0.25, 0.3) is 0 Å². The molecule has 432 valence electrons. The molecule has 0 aromatic carbocycles. The van der Waals surface area contributed by atoms with Crippen LogP contribution in [-0.2, 0) is 28.6 Å². The van der Waals surface area contributed by atoms with E-state index in [-0.39, 0.29) is 31.1 Å². The molecule has 0 spiro atoms. The van der Waals surface area contributed by atoms with Crippen LogP contribution in [0.4, 0.5) is 0 Å². The van der Waals surface area contributed by atoms with E-state index >= 15 is 0 Å². The van der Waals surface area contributed by atoms with Crippen molar-refractivity contribution in [3.63, 3.8) is 0 Å². The highest BCUT2D eigenvalue weighted by atomic mass is 16.6.